The summed E-state index contributed by atoms with van der Waals surface area (Å²) < 4.78 is 17.2. The number of furan rings is 1. The van der Waals surface area contributed by atoms with E-state index in [1.54, 1.807) is 7.11 Å². The molecular formula is C20H26N2O3. The van der Waals surface area contributed by atoms with Gasteiger partial charge in [0.15, 0.2) is 0 Å². The van der Waals surface area contributed by atoms with Gasteiger partial charge in [0.05, 0.1) is 31.9 Å². The number of nitrogens with zero attached hydrogens (tertiary/aromatic N) is 1. The van der Waals surface area contributed by atoms with Gasteiger partial charge < -0.3 is 19.2 Å². The summed E-state index contributed by atoms with van der Waals surface area (Å²) in [6.07, 6.45) is 2.14. The van der Waals surface area contributed by atoms with Gasteiger partial charge >= 0.3 is 0 Å². The molecule has 3 heterocycles. The van der Waals surface area contributed by atoms with Crippen LogP contribution in [-0.2, 0) is 11.3 Å². The minimum atomic E-state index is -0.00816. The van der Waals surface area contributed by atoms with E-state index < -0.39 is 0 Å². The quantitative estimate of drug-likeness (QED) is 0.902. The van der Waals surface area contributed by atoms with Crippen LogP contribution in [0.3, 0.4) is 0 Å². The van der Waals surface area contributed by atoms with E-state index in [4.69, 9.17) is 13.9 Å². The molecule has 0 unspecified atom stereocenters. The summed E-state index contributed by atoms with van der Waals surface area (Å²) in [6.45, 7) is 5.67. The number of benzene rings is 1. The van der Waals surface area contributed by atoms with Gasteiger partial charge in [-0.2, -0.15) is 0 Å². The lowest BCUT2D eigenvalue weighted by molar-refractivity contribution is 0.0115. The fraction of sp³-hybridized carbons (Fsp3) is 0.500. The second-order valence-corrected chi connectivity index (χ2v) is 7.24. The zero-order valence-corrected chi connectivity index (χ0v) is 15.0. The topological polar surface area (TPSA) is 46.9 Å². The van der Waals surface area contributed by atoms with Crippen LogP contribution in [-0.4, -0.2) is 43.3 Å². The minimum Gasteiger partial charge on any atom is -0.497 e. The molecule has 1 spiro atoms. The molecule has 1 N–H and O–H groups in total. The van der Waals surface area contributed by atoms with Crippen LogP contribution >= 0.6 is 0 Å². The third-order valence-electron chi connectivity index (χ3n) is 5.24. The Hall–Kier alpha value is -1.98. The Labute approximate surface area is 148 Å². The predicted molar refractivity (Wildman–Crippen MR) is 97.0 cm³/mol. The molecule has 0 amide bonds. The van der Waals surface area contributed by atoms with Crippen LogP contribution in [0.2, 0.25) is 0 Å². The number of methoxy groups -OCH3 is 1. The monoisotopic (exact) mass is 342 g/mol. The number of likely N-dealkylation sites (tertiary alicyclic amines) is 1. The molecular weight excluding hydrogens is 316 g/mol. The fourth-order valence-corrected chi connectivity index (χ4v) is 4.00. The van der Waals surface area contributed by atoms with E-state index in [2.05, 4.69) is 28.4 Å². The molecule has 0 saturated carbocycles. The highest BCUT2D eigenvalue weighted by atomic mass is 16.5. The van der Waals surface area contributed by atoms with Crippen molar-refractivity contribution in [1.29, 1.82) is 0 Å². The van der Waals surface area contributed by atoms with E-state index in [1.165, 1.54) is 0 Å². The molecule has 25 heavy (non-hydrogen) atoms. The molecule has 0 aliphatic carbocycles. The van der Waals surface area contributed by atoms with Crippen molar-refractivity contribution >= 4 is 5.69 Å². The van der Waals surface area contributed by atoms with Gasteiger partial charge in [-0.05, 0) is 49.7 Å². The Balaban J connectivity index is 1.32. The summed E-state index contributed by atoms with van der Waals surface area (Å²) in [5.74, 6) is 2.90. The highest BCUT2D eigenvalue weighted by Crippen LogP contribution is 2.36. The van der Waals surface area contributed by atoms with Gasteiger partial charge in [0, 0.05) is 25.2 Å². The average molecular weight is 342 g/mol. The molecule has 2 atom stereocenters. The summed E-state index contributed by atoms with van der Waals surface area (Å²) in [5, 5.41) is 3.59. The largest absolute Gasteiger partial charge is 0.497 e. The fourth-order valence-electron chi connectivity index (χ4n) is 4.00. The van der Waals surface area contributed by atoms with Crippen molar-refractivity contribution in [2.45, 2.75) is 38.0 Å². The molecule has 2 aromatic rings. The highest BCUT2D eigenvalue weighted by molar-refractivity contribution is 5.47. The second-order valence-electron chi connectivity index (χ2n) is 7.24. The summed E-state index contributed by atoms with van der Waals surface area (Å²) in [6, 6.07) is 12.5. The Morgan fingerprint density at radius 3 is 2.80 bits per heavy atom. The van der Waals surface area contributed by atoms with Crippen LogP contribution in [0.4, 0.5) is 5.69 Å². The van der Waals surface area contributed by atoms with Crippen molar-refractivity contribution in [3.05, 3.63) is 47.9 Å². The lowest BCUT2D eigenvalue weighted by Crippen LogP contribution is -2.33. The van der Waals surface area contributed by atoms with Crippen molar-refractivity contribution in [2.24, 2.45) is 0 Å². The standard InChI is InChI=1S/C20H26N2O3/c1-15-3-6-19(25-15)12-22-10-9-20(14-22)11-17(13-24-20)21-16-4-7-18(23-2)8-5-16/h3-8,17,21H,9-14H2,1-2H3/t17-,20-/m0/s1. The number of hydrogen-bond donors (Lipinski definition) is 1. The zero-order valence-electron chi connectivity index (χ0n) is 15.0. The molecule has 0 bridgehead atoms. The molecule has 1 aromatic heterocycles. The Kier molecular flexibility index (Phi) is 4.44. The van der Waals surface area contributed by atoms with Gasteiger partial charge in [-0.25, -0.2) is 0 Å². The number of anilines is 1. The Morgan fingerprint density at radius 1 is 1.24 bits per heavy atom. The van der Waals surface area contributed by atoms with Gasteiger partial charge in [-0.3, -0.25) is 4.90 Å². The van der Waals surface area contributed by atoms with Crippen LogP contribution in [0.1, 0.15) is 24.4 Å². The minimum absolute atomic E-state index is 0.00816. The van der Waals surface area contributed by atoms with Crippen molar-refractivity contribution in [3.63, 3.8) is 0 Å². The van der Waals surface area contributed by atoms with Crippen molar-refractivity contribution in [2.75, 3.05) is 32.1 Å². The van der Waals surface area contributed by atoms with Crippen molar-refractivity contribution in [3.8, 4) is 5.75 Å². The Morgan fingerprint density at radius 2 is 2.08 bits per heavy atom. The van der Waals surface area contributed by atoms with E-state index in [0.29, 0.717) is 6.04 Å². The zero-order chi connectivity index (χ0) is 17.3. The summed E-state index contributed by atoms with van der Waals surface area (Å²) in [5.41, 5.74) is 1.11. The molecule has 2 aliphatic rings. The van der Waals surface area contributed by atoms with Gasteiger partial charge in [0.1, 0.15) is 17.3 Å². The molecule has 5 nitrogen and oxygen atoms in total. The van der Waals surface area contributed by atoms with E-state index in [-0.39, 0.29) is 5.60 Å². The van der Waals surface area contributed by atoms with Crippen LogP contribution in [0.15, 0.2) is 40.8 Å². The summed E-state index contributed by atoms with van der Waals surface area (Å²) >= 11 is 0. The molecule has 1 aromatic carbocycles. The summed E-state index contributed by atoms with van der Waals surface area (Å²) in [7, 11) is 1.69. The smallest absolute Gasteiger partial charge is 0.119 e. The maximum Gasteiger partial charge on any atom is 0.119 e. The van der Waals surface area contributed by atoms with Crippen molar-refractivity contribution in [1.82, 2.24) is 4.90 Å². The molecule has 4 rings (SSSR count). The lowest BCUT2D eigenvalue weighted by atomic mass is 9.97. The molecule has 134 valence electrons. The number of rotatable bonds is 5. The first-order valence-corrected chi connectivity index (χ1v) is 8.96. The molecule has 0 radical (unpaired) electrons. The lowest BCUT2D eigenvalue weighted by Gasteiger charge is -2.23. The third-order valence-corrected chi connectivity index (χ3v) is 5.24. The summed E-state index contributed by atoms with van der Waals surface area (Å²) in [4.78, 5) is 2.44. The Bertz CT molecular complexity index is 712. The van der Waals surface area contributed by atoms with E-state index >= 15 is 0 Å². The highest BCUT2D eigenvalue weighted by Gasteiger charge is 2.45. The number of aryl methyl sites for hydroxylation is 1. The van der Waals surface area contributed by atoms with Gasteiger partial charge in [0.2, 0.25) is 0 Å². The number of ether oxygens (including phenoxy) is 2. The first kappa shape index (κ1) is 16.5. The van der Waals surface area contributed by atoms with Crippen LogP contribution in [0, 0.1) is 6.92 Å². The van der Waals surface area contributed by atoms with E-state index in [0.717, 1.165) is 62.0 Å². The molecule has 2 fully saturated rings. The molecule has 2 saturated heterocycles. The average Bonchev–Trinajstić information content (AvgIpc) is 3.31. The first-order valence-electron chi connectivity index (χ1n) is 8.96. The normalized spacial score (nSPS) is 26.4. The van der Waals surface area contributed by atoms with E-state index in [1.807, 2.05) is 25.1 Å². The maximum atomic E-state index is 6.24. The first-order chi connectivity index (χ1) is 12.1. The van der Waals surface area contributed by atoms with Crippen LogP contribution in [0.25, 0.3) is 0 Å². The van der Waals surface area contributed by atoms with Crippen LogP contribution in [0.5, 0.6) is 5.75 Å². The van der Waals surface area contributed by atoms with Gasteiger partial charge in [0.25, 0.3) is 0 Å². The second kappa shape index (κ2) is 6.73. The molecule has 5 heteroatoms. The van der Waals surface area contributed by atoms with Crippen LogP contribution < -0.4 is 10.1 Å². The third kappa shape index (κ3) is 3.67. The maximum absolute atomic E-state index is 6.24. The molecule has 2 aliphatic heterocycles. The SMILES string of the molecule is COc1ccc(N[C@@H]2CO[C@@]3(CCN(Cc4ccc(C)o4)C3)C2)cc1. The van der Waals surface area contributed by atoms with Crippen molar-refractivity contribution < 1.29 is 13.9 Å². The number of nitrogens with one attached hydrogen (secondary N) is 1. The predicted octanol–water partition coefficient (Wildman–Crippen LogP) is 3.44. The van der Waals surface area contributed by atoms with E-state index in [9.17, 15) is 0 Å². The van der Waals surface area contributed by atoms with Gasteiger partial charge in [-0.1, -0.05) is 0 Å². The number of hydrogen-bond acceptors (Lipinski definition) is 5. The van der Waals surface area contributed by atoms with Gasteiger partial charge in [-0.15, -0.1) is 0 Å².